The third-order valence-corrected chi connectivity index (χ3v) is 3.74. The predicted octanol–water partition coefficient (Wildman–Crippen LogP) is 1.94. The Bertz CT molecular complexity index is 637. The first-order valence-corrected chi connectivity index (χ1v) is 6.99. The van der Waals surface area contributed by atoms with Crippen LogP contribution in [0.5, 0.6) is 0 Å². The van der Waals surface area contributed by atoms with Gasteiger partial charge < -0.3 is 15.2 Å². The lowest BCUT2D eigenvalue weighted by molar-refractivity contribution is -0.118. The zero-order valence-corrected chi connectivity index (χ0v) is 11.7. The maximum Gasteiger partial charge on any atom is 0.268 e. The van der Waals surface area contributed by atoms with Gasteiger partial charge in [-0.15, -0.1) is 0 Å². The molecule has 0 bridgehead atoms. The van der Waals surface area contributed by atoms with E-state index in [4.69, 9.17) is 0 Å². The number of amides is 2. The van der Waals surface area contributed by atoms with Gasteiger partial charge in [0.2, 0.25) is 5.91 Å². The quantitative estimate of drug-likeness (QED) is 0.904. The van der Waals surface area contributed by atoms with E-state index in [2.05, 4.69) is 10.3 Å². The first-order valence-electron chi connectivity index (χ1n) is 6.99. The van der Waals surface area contributed by atoms with Crippen molar-refractivity contribution in [2.24, 2.45) is 0 Å². The highest BCUT2D eigenvalue weighted by Crippen LogP contribution is 2.26. The highest BCUT2D eigenvalue weighted by Gasteiger charge is 2.38. The van der Waals surface area contributed by atoms with E-state index in [1.807, 2.05) is 37.3 Å². The van der Waals surface area contributed by atoms with Crippen molar-refractivity contribution in [3.63, 3.8) is 0 Å². The van der Waals surface area contributed by atoms with Gasteiger partial charge in [0, 0.05) is 17.9 Å². The topological polar surface area (TPSA) is 65.2 Å². The number of nitrogens with zero attached hydrogens (tertiary/aromatic N) is 1. The summed E-state index contributed by atoms with van der Waals surface area (Å²) in [6.45, 7) is 1.99. The number of carbonyl (C=O) groups excluding carboxylic acids is 2. The Labute approximate surface area is 123 Å². The molecule has 1 fully saturated rings. The third kappa shape index (κ3) is 2.54. The van der Waals surface area contributed by atoms with E-state index in [0.717, 1.165) is 5.69 Å². The first kappa shape index (κ1) is 13.4. The fraction of sp³-hybridized carbons (Fsp3) is 0.250. The number of aromatic amines is 1. The van der Waals surface area contributed by atoms with E-state index in [-0.39, 0.29) is 17.9 Å². The fourth-order valence-electron chi connectivity index (χ4n) is 2.73. The number of para-hydroxylation sites is 1. The van der Waals surface area contributed by atoms with E-state index in [9.17, 15) is 9.59 Å². The summed E-state index contributed by atoms with van der Waals surface area (Å²) in [6.07, 6.45) is 2.30. The van der Waals surface area contributed by atoms with Crippen LogP contribution in [0.15, 0.2) is 48.7 Å². The third-order valence-electron chi connectivity index (χ3n) is 3.74. The maximum atomic E-state index is 12.5. The lowest BCUT2D eigenvalue weighted by atomic mass is 10.2. The second kappa shape index (κ2) is 5.44. The Morgan fingerprint density at radius 3 is 2.67 bits per heavy atom. The predicted molar refractivity (Wildman–Crippen MR) is 80.1 cm³/mol. The molecule has 5 heteroatoms. The van der Waals surface area contributed by atoms with Crippen LogP contribution < -0.4 is 10.2 Å². The molecule has 1 aliphatic heterocycles. The standard InChI is InChI=1S/C16H17N3O2/c1-11-10-14(18-15(20)13-8-5-9-17-13)16(21)19(11)12-6-3-2-4-7-12/h2-9,11,14,17H,10H2,1H3,(H,18,20)/t11-,14+/m1/s1. The minimum absolute atomic E-state index is 0.0615. The number of hydrogen-bond acceptors (Lipinski definition) is 2. The van der Waals surface area contributed by atoms with Crippen LogP contribution in [0.2, 0.25) is 0 Å². The van der Waals surface area contributed by atoms with Gasteiger partial charge in [0.25, 0.3) is 5.91 Å². The van der Waals surface area contributed by atoms with Crippen molar-refractivity contribution in [2.75, 3.05) is 4.90 Å². The smallest absolute Gasteiger partial charge is 0.268 e. The van der Waals surface area contributed by atoms with Crippen LogP contribution in [0.1, 0.15) is 23.8 Å². The molecule has 3 rings (SSSR count). The minimum atomic E-state index is -0.476. The maximum absolute atomic E-state index is 12.5. The van der Waals surface area contributed by atoms with Crippen LogP contribution in [0, 0.1) is 0 Å². The van der Waals surface area contributed by atoms with Crippen LogP contribution in [0.3, 0.4) is 0 Å². The Kier molecular flexibility index (Phi) is 3.48. The van der Waals surface area contributed by atoms with Crippen molar-refractivity contribution in [1.82, 2.24) is 10.3 Å². The number of rotatable bonds is 3. The van der Waals surface area contributed by atoms with Gasteiger partial charge in [0.1, 0.15) is 11.7 Å². The van der Waals surface area contributed by atoms with Gasteiger partial charge >= 0.3 is 0 Å². The molecule has 2 aromatic rings. The van der Waals surface area contributed by atoms with Crippen molar-refractivity contribution in [1.29, 1.82) is 0 Å². The summed E-state index contributed by atoms with van der Waals surface area (Å²) in [5, 5.41) is 2.80. The molecule has 2 atom stereocenters. The molecule has 1 aromatic heterocycles. The molecule has 0 unspecified atom stereocenters. The molecule has 2 heterocycles. The number of benzene rings is 1. The summed E-state index contributed by atoms with van der Waals surface area (Å²) >= 11 is 0. The number of nitrogens with one attached hydrogen (secondary N) is 2. The fourth-order valence-corrected chi connectivity index (χ4v) is 2.73. The van der Waals surface area contributed by atoms with E-state index in [0.29, 0.717) is 12.1 Å². The van der Waals surface area contributed by atoms with Crippen molar-refractivity contribution in [2.45, 2.75) is 25.4 Å². The Hall–Kier alpha value is -2.56. The molecule has 0 radical (unpaired) electrons. The summed E-state index contributed by atoms with van der Waals surface area (Å²) in [5.74, 6) is -0.311. The Morgan fingerprint density at radius 2 is 2.00 bits per heavy atom. The summed E-state index contributed by atoms with van der Waals surface area (Å²) in [5.41, 5.74) is 1.33. The van der Waals surface area contributed by atoms with Crippen LogP contribution in [0.4, 0.5) is 5.69 Å². The van der Waals surface area contributed by atoms with Crippen LogP contribution in [-0.2, 0) is 4.79 Å². The molecule has 2 amide bonds. The number of H-pyrrole nitrogens is 1. The average molecular weight is 283 g/mol. The summed E-state index contributed by atoms with van der Waals surface area (Å²) in [7, 11) is 0. The normalized spacial score (nSPS) is 21.6. The van der Waals surface area contributed by atoms with Crippen molar-refractivity contribution < 1.29 is 9.59 Å². The SMILES string of the molecule is C[C@@H]1C[C@H](NC(=O)c2ccc[nH]2)C(=O)N1c1ccccc1. The number of anilines is 1. The molecular formula is C16H17N3O2. The van der Waals surface area contributed by atoms with Crippen LogP contribution in [0.25, 0.3) is 0 Å². The van der Waals surface area contributed by atoms with Gasteiger partial charge in [-0.05, 0) is 37.6 Å². The highest BCUT2D eigenvalue weighted by atomic mass is 16.2. The van der Waals surface area contributed by atoms with Gasteiger partial charge in [-0.3, -0.25) is 9.59 Å². The summed E-state index contributed by atoms with van der Waals surface area (Å²) in [6, 6.07) is 12.6. The number of hydrogen-bond donors (Lipinski definition) is 2. The Morgan fingerprint density at radius 1 is 1.24 bits per heavy atom. The summed E-state index contributed by atoms with van der Waals surface area (Å²) < 4.78 is 0. The molecule has 5 nitrogen and oxygen atoms in total. The molecular weight excluding hydrogens is 266 g/mol. The van der Waals surface area contributed by atoms with E-state index in [1.54, 1.807) is 23.2 Å². The van der Waals surface area contributed by atoms with Crippen molar-refractivity contribution in [3.05, 3.63) is 54.4 Å². The van der Waals surface area contributed by atoms with E-state index < -0.39 is 6.04 Å². The lowest BCUT2D eigenvalue weighted by Gasteiger charge is -2.21. The zero-order valence-electron chi connectivity index (χ0n) is 11.7. The molecule has 0 saturated carbocycles. The van der Waals surface area contributed by atoms with Gasteiger partial charge in [-0.25, -0.2) is 0 Å². The average Bonchev–Trinajstić information content (AvgIpc) is 3.09. The number of carbonyl (C=O) groups is 2. The van der Waals surface area contributed by atoms with Gasteiger partial charge in [0.05, 0.1) is 0 Å². The molecule has 0 aliphatic carbocycles. The Balaban J connectivity index is 1.75. The molecule has 0 spiro atoms. The van der Waals surface area contributed by atoms with Gasteiger partial charge in [0.15, 0.2) is 0 Å². The largest absolute Gasteiger partial charge is 0.357 e. The van der Waals surface area contributed by atoms with E-state index in [1.165, 1.54) is 0 Å². The van der Waals surface area contributed by atoms with Crippen LogP contribution >= 0.6 is 0 Å². The second-order valence-corrected chi connectivity index (χ2v) is 5.24. The van der Waals surface area contributed by atoms with E-state index >= 15 is 0 Å². The van der Waals surface area contributed by atoms with Gasteiger partial charge in [-0.1, -0.05) is 18.2 Å². The molecule has 2 N–H and O–H groups in total. The molecule has 21 heavy (non-hydrogen) atoms. The summed E-state index contributed by atoms with van der Waals surface area (Å²) in [4.78, 5) is 29.2. The zero-order chi connectivity index (χ0) is 14.8. The van der Waals surface area contributed by atoms with Crippen molar-refractivity contribution in [3.8, 4) is 0 Å². The van der Waals surface area contributed by atoms with Gasteiger partial charge in [-0.2, -0.15) is 0 Å². The second-order valence-electron chi connectivity index (χ2n) is 5.24. The molecule has 1 aromatic carbocycles. The number of aromatic nitrogens is 1. The minimum Gasteiger partial charge on any atom is -0.357 e. The molecule has 1 aliphatic rings. The monoisotopic (exact) mass is 283 g/mol. The lowest BCUT2D eigenvalue weighted by Crippen LogP contribution is -2.42. The first-order chi connectivity index (χ1) is 10.2. The molecule has 108 valence electrons. The molecule has 1 saturated heterocycles. The van der Waals surface area contributed by atoms with Crippen molar-refractivity contribution >= 4 is 17.5 Å². The van der Waals surface area contributed by atoms with Crippen LogP contribution in [-0.4, -0.2) is 28.9 Å². The highest BCUT2D eigenvalue weighted by molar-refractivity contribution is 6.03.